The van der Waals surface area contributed by atoms with Crippen LogP contribution in [0.4, 0.5) is 0 Å². The monoisotopic (exact) mass is 168 g/mol. The molecule has 0 radical (unpaired) electrons. The SMILES string of the molecule is COc1ccc(C(C)=O)[n+]([O-])n1. The molecule has 5 nitrogen and oxygen atoms in total. The van der Waals surface area contributed by atoms with E-state index >= 15 is 0 Å². The highest BCUT2D eigenvalue weighted by molar-refractivity contribution is 5.90. The van der Waals surface area contributed by atoms with Gasteiger partial charge in [0.2, 0.25) is 5.78 Å². The van der Waals surface area contributed by atoms with Crippen molar-refractivity contribution in [3.63, 3.8) is 0 Å². The van der Waals surface area contributed by atoms with Gasteiger partial charge in [-0.05, 0) is 4.85 Å². The molecule has 12 heavy (non-hydrogen) atoms. The third-order valence-electron chi connectivity index (χ3n) is 1.35. The topological polar surface area (TPSA) is 66.1 Å². The molecule has 0 aliphatic heterocycles. The summed E-state index contributed by atoms with van der Waals surface area (Å²) < 4.78 is 4.69. The lowest BCUT2D eigenvalue weighted by molar-refractivity contribution is -0.671. The van der Waals surface area contributed by atoms with E-state index in [-0.39, 0.29) is 22.2 Å². The van der Waals surface area contributed by atoms with Crippen molar-refractivity contribution in [2.45, 2.75) is 6.92 Å². The van der Waals surface area contributed by atoms with Crippen LogP contribution in [0, 0.1) is 5.21 Å². The first kappa shape index (κ1) is 8.45. The molecule has 0 aliphatic carbocycles. The fourth-order valence-electron chi connectivity index (χ4n) is 0.752. The Morgan fingerprint density at radius 3 is 2.75 bits per heavy atom. The maximum Gasteiger partial charge on any atom is 0.287 e. The summed E-state index contributed by atoms with van der Waals surface area (Å²) in [6, 6.07) is 2.84. The summed E-state index contributed by atoms with van der Waals surface area (Å²) in [6.07, 6.45) is 0. The number of ketones is 1. The van der Waals surface area contributed by atoms with Gasteiger partial charge in [0.15, 0.2) is 0 Å². The maximum atomic E-state index is 10.9. The van der Waals surface area contributed by atoms with Gasteiger partial charge in [-0.1, -0.05) is 0 Å². The van der Waals surface area contributed by atoms with E-state index < -0.39 is 0 Å². The van der Waals surface area contributed by atoms with Crippen LogP contribution in [0.1, 0.15) is 17.4 Å². The van der Waals surface area contributed by atoms with Gasteiger partial charge in [-0.2, -0.15) is 0 Å². The number of methoxy groups -OCH3 is 1. The molecule has 0 aromatic carbocycles. The number of nitrogens with zero attached hydrogens (tertiary/aromatic N) is 2. The fraction of sp³-hybridized carbons (Fsp3) is 0.286. The first-order valence-corrected chi connectivity index (χ1v) is 3.31. The minimum absolute atomic E-state index is 0.0100. The zero-order chi connectivity index (χ0) is 9.14. The van der Waals surface area contributed by atoms with Crippen LogP contribution < -0.4 is 9.58 Å². The molecule has 0 atom stereocenters. The number of aromatic nitrogens is 2. The molecule has 0 fully saturated rings. The van der Waals surface area contributed by atoms with Crippen molar-refractivity contribution in [3.05, 3.63) is 23.0 Å². The average Bonchev–Trinajstić information content (AvgIpc) is 2.03. The highest BCUT2D eigenvalue weighted by Crippen LogP contribution is 2.01. The van der Waals surface area contributed by atoms with Crippen LogP contribution >= 0.6 is 0 Å². The number of hydrogen-bond acceptors (Lipinski definition) is 4. The number of rotatable bonds is 2. The average molecular weight is 168 g/mol. The van der Waals surface area contributed by atoms with Crippen LogP contribution in [0.3, 0.4) is 0 Å². The molecule has 64 valence electrons. The van der Waals surface area contributed by atoms with Crippen LogP contribution in [0.15, 0.2) is 12.1 Å². The lowest BCUT2D eigenvalue weighted by atomic mass is 10.3. The fourth-order valence-corrected chi connectivity index (χ4v) is 0.752. The minimum atomic E-state index is -0.319. The Bertz CT molecular complexity index is 312. The Balaban J connectivity index is 3.12. The first-order valence-electron chi connectivity index (χ1n) is 3.31. The van der Waals surface area contributed by atoms with E-state index in [0.29, 0.717) is 0 Å². The highest BCUT2D eigenvalue weighted by atomic mass is 16.5. The standard InChI is InChI=1S/C7H8N2O3/c1-5(10)6-3-4-7(12-2)8-9(6)11/h3-4H,1-2H3. The molecule has 0 saturated carbocycles. The summed E-state index contributed by atoms with van der Waals surface area (Å²) in [5.41, 5.74) is 0.0100. The summed E-state index contributed by atoms with van der Waals surface area (Å²) >= 11 is 0. The lowest BCUT2D eigenvalue weighted by Gasteiger charge is -1.99. The first-order chi connectivity index (χ1) is 5.65. The van der Waals surface area contributed by atoms with E-state index in [0.717, 1.165) is 0 Å². The molecule has 1 rings (SSSR count). The Kier molecular flexibility index (Phi) is 2.23. The van der Waals surface area contributed by atoms with E-state index in [1.165, 1.54) is 26.2 Å². The van der Waals surface area contributed by atoms with E-state index in [1.54, 1.807) is 0 Å². The van der Waals surface area contributed by atoms with Crippen LogP contribution in [0.2, 0.25) is 0 Å². The van der Waals surface area contributed by atoms with Crippen LogP contribution in [-0.4, -0.2) is 18.0 Å². The van der Waals surface area contributed by atoms with Gasteiger partial charge < -0.3 is 9.94 Å². The molecule has 1 heterocycles. The summed E-state index contributed by atoms with van der Waals surface area (Å²) in [5, 5.41) is 14.4. The third kappa shape index (κ3) is 1.50. The molecule has 0 bridgehead atoms. The molecule has 0 spiro atoms. The number of carbonyl (C=O) groups is 1. The second-order valence-electron chi connectivity index (χ2n) is 2.19. The van der Waals surface area contributed by atoms with Gasteiger partial charge in [0, 0.05) is 19.1 Å². The van der Waals surface area contributed by atoms with Crippen molar-refractivity contribution in [2.24, 2.45) is 0 Å². The molecule has 0 saturated heterocycles. The third-order valence-corrected chi connectivity index (χ3v) is 1.35. The predicted molar refractivity (Wildman–Crippen MR) is 39.8 cm³/mol. The van der Waals surface area contributed by atoms with E-state index in [1.807, 2.05) is 0 Å². The van der Waals surface area contributed by atoms with Crippen molar-refractivity contribution in [1.82, 2.24) is 5.10 Å². The molecular formula is C7H8N2O3. The molecule has 1 aromatic heterocycles. The lowest BCUT2D eigenvalue weighted by Crippen LogP contribution is -2.37. The van der Waals surface area contributed by atoms with Crippen LogP contribution in [-0.2, 0) is 0 Å². The van der Waals surface area contributed by atoms with Crippen LogP contribution in [0.25, 0.3) is 0 Å². The maximum absolute atomic E-state index is 10.9. The molecule has 0 amide bonds. The molecule has 0 unspecified atom stereocenters. The largest absolute Gasteiger partial charge is 0.594 e. The zero-order valence-electron chi connectivity index (χ0n) is 6.77. The van der Waals surface area contributed by atoms with Gasteiger partial charge in [0.1, 0.15) is 0 Å². The van der Waals surface area contributed by atoms with Crippen molar-refractivity contribution in [1.29, 1.82) is 0 Å². The van der Waals surface area contributed by atoms with Gasteiger partial charge in [-0.25, -0.2) is 0 Å². The zero-order valence-corrected chi connectivity index (χ0v) is 6.77. The van der Waals surface area contributed by atoms with Crippen molar-refractivity contribution < 1.29 is 14.4 Å². The van der Waals surface area contributed by atoms with Gasteiger partial charge in [0.05, 0.1) is 12.2 Å². The normalized spacial score (nSPS) is 9.50. The molecule has 0 aliphatic rings. The number of hydrogen-bond donors (Lipinski definition) is 0. The molecule has 5 heteroatoms. The minimum Gasteiger partial charge on any atom is -0.594 e. The Morgan fingerprint density at radius 1 is 1.67 bits per heavy atom. The highest BCUT2D eigenvalue weighted by Gasteiger charge is 2.12. The quantitative estimate of drug-likeness (QED) is 0.352. The summed E-state index contributed by atoms with van der Waals surface area (Å²) in [5.74, 6) is -0.129. The summed E-state index contributed by atoms with van der Waals surface area (Å²) in [7, 11) is 1.40. The van der Waals surface area contributed by atoms with Crippen molar-refractivity contribution in [2.75, 3.05) is 7.11 Å². The second kappa shape index (κ2) is 3.17. The summed E-state index contributed by atoms with van der Waals surface area (Å²) in [6.45, 7) is 1.30. The smallest absolute Gasteiger partial charge is 0.287 e. The number of ether oxygens (including phenoxy) is 1. The summed E-state index contributed by atoms with van der Waals surface area (Å²) in [4.78, 5) is 11.0. The molecular weight excluding hydrogens is 160 g/mol. The predicted octanol–water partition coefficient (Wildman–Crippen LogP) is -0.0738. The Morgan fingerprint density at radius 2 is 2.33 bits per heavy atom. The van der Waals surface area contributed by atoms with Gasteiger partial charge in [-0.3, -0.25) is 4.79 Å². The molecule has 1 aromatic rings. The molecule has 0 N–H and O–H groups in total. The van der Waals surface area contributed by atoms with Crippen LogP contribution in [0.5, 0.6) is 5.88 Å². The van der Waals surface area contributed by atoms with Crippen molar-refractivity contribution >= 4 is 5.78 Å². The van der Waals surface area contributed by atoms with Gasteiger partial charge in [0.25, 0.3) is 11.6 Å². The number of Topliss-reactive ketones (excluding diaryl/α,β-unsaturated/α-hetero) is 1. The van der Waals surface area contributed by atoms with E-state index in [9.17, 15) is 10.0 Å². The van der Waals surface area contributed by atoms with Gasteiger partial charge >= 0.3 is 0 Å². The Hall–Kier alpha value is -1.65. The van der Waals surface area contributed by atoms with Gasteiger partial charge in [-0.15, -0.1) is 0 Å². The van der Waals surface area contributed by atoms with E-state index in [2.05, 4.69) is 9.84 Å². The van der Waals surface area contributed by atoms with Crippen molar-refractivity contribution in [3.8, 4) is 5.88 Å². The number of carbonyl (C=O) groups excluding carboxylic acids is 1. The Labute approximate surface area is 69.2 Å². The second-order valence-corrected chi connectivity index (χ2v) is 2.19. The van der Waals surface area contributed by atoms with E-state index in [4.69, 9.17) is 0 Å².